The lowest BCUT2D eigenvalue weighted by Crippen LogP contribution is -2.37. The molecule has 0 radical (unpaired) electrons. The van der Waals surface area contributed by atoms with Gasteiger partial charge in [0.05, 0.1) is 11.4 Å². The van der Waals surface area contributed by atoms with Gasteiger partial charge in [-0.25, -0.2) is 0 Å². The summed E-state index contributed by atoms with van der Waals surface area (Å²) in [5.41, 5.74) is 0.665. The van der Waals surface area contributed by atoms with E-state index in [-0.39, 0.29) is 11.6 Å². The lowest BCUT2D eigenvalue weighted by molar-refractivity contribution is -0.683. The second kappa shape index (κ2) is 6.54. The number of ketones is 2. The summed E-state index contributed by atoms with van der Waals surface area (Å²) in [6.45, 7) is 0.681. The Morgan fingerprint density at radius 1 is 1.15 bits per heavy atom. The van der Waals surface area contributed by atoms with Crippen molar-refractivity contribution in [1.82, 2.24) is 4.90 Å². The molecule has 0 bridgehead atoms. The molecular weight excluding hydrogens is 272 g/mol. The van der Waals surface area contributed by atoms with Gasteiger partial charge in [0, 0.05) is 17.7 Å². The van der Waals surface area contributed by atoms with E-state index in [0.717, 1.165) is 4.88 Å². The molecule has 2 aromatic rings. The van der Waals surface area contributed by atoms with Gasteiger partial charge in [0.2, 0.25) is 12.3 Å². The highest BCUT2D eigenvalue weighted by molar-refractivity contribution is 7.12. The van der Waals surface area contributed by atoms with Crippen LogP contribution in [-0.2, 0) is 6.54 Å². The largest absolute Gasteiger partial charge is 0.302 e. The quantitative estimate of drug-likeness (QED) is 0.600. The predicted octanol–water partition coefficient (Wildman–Crippen LogP) is 1.66. The summed E-state index contributed by atoms with van der Waals surface area (Å²) in [6.07, 6.45) is 3.54. The summed E-state index contributed by atoms with van der Waals surface area (Å²) in [6, 6.07) is 7.20. The number of carbonyl (C=O) groups is 2. The maximum absolute atomic E-state index is 12.0. The molecule has 0 fully saturated rings. The van der Waals surface area contributed by atoms with Crippen molar-refractivity contribution in [2.24, 2.45) is 0 Å². The second-order valence-electron chi connectivity index (χ2n) is 4.82. The van der Waals surface area contributed by atoms with Crippen LogP contribution >= 0.6 is 11.3 Å². The van der Waals surface area contributed by atoms with E-state index in [2.05, 4.69) is 0 Å². The van der Waals surface area contributed by atoms with E-state index in [1.165, 1.54) is 11.3 Å². The van der Waals surface area contributed by atoms with E-state index in [0.29, 0.717) is 18.7 Å². The number of likely N-dealkylation sites (N-methyl/N-ethyl adjacent to an activating group) is 1. The number of hydrogen-bond donors (Lipinski definition) is 0. The molecule has 2 heterocycles. The Morgan fingerprint density at radius 2 is 1.85 bits per heavy atom. The van der Waals surface area contributed by atoms with Crippen LogP contribution in [0.3, 0.4) is 0 Å². The minimum Gasteiger partial charge on any atom is -0.302 e. The van der Waals surface area contributed by atoms with Crippen LogP contribution in [0.1, 0.15) is 20.0 Å². The zero-order chi connectivity index (χ0) is 14.5. The molecule has 0 atom stereocenters. The molecule has 20 heavy (non-hydrogen) atoms. The van der Waals surface area contributed by atoms with Crippen LogP contribution < -0.4 is 4.57 Å². The van der Waals surface area contributed by atoms with Gasteiger partial charge in [0.15, 0.2) is 18.2 Å². The molecular formula is C15H17N2O2S+. The molecule has 4 nitrogen and oxygen atoms in total. The Bertz CT molecular complexity index is 589. The number of rotatable bonds is 6. The highest BCUT2D eigenvalue weighted by Gasteiger charge is 2.14. The highest BCUT2D eigenvalue weighted by Crippen LogP contribution is 2.09. The number of thiophene rings is 1. The molecule has 0 aliphatic carbocycles. The van der Waals surface area contributed by atoms with Crippen LogP contribution in [-0.4, -0.2) is 37.1 Å². The van der Waals surface area contributed by atoms with Crippen molar-refractivity contribution >= 4 is 22.9 Å². The fourth-order valence-electron chi connectivity index (χ4n) is 1.81. The maximum atomic E-state index is 12.0. The monoisotopic (exact) mass is 289 g/mol. The Kier molecular flexibility index (Phi) is 4.76. The first-order chi connectivity index (χ1) is 9.56. The normalized spacial score (nSPS) is 10.8. The van der Waals surface area contributed by atoms with Gasteiger partial charge in [0.25, 0.3) is 0 Å². The Labute approximate surface area is 122 Å². The van der Waals surface area contributed by atoms with Gasteiger partial charge in [-0.15, -0.1) is 11.3 Å². The average Bonchev–Trinajstić information content (AvgIpc) is 2.92. The molecule has 0 saturated carbocycles. The minimum absolute atomic E-state index is 0.0757. The third-order valence-corrected chi connectivity index (χ3v) is 3.71. The summed E-state index contributed by atoms with van der Waals surface area (Å²) in [7, 11) is 3.72. The molecule has 2 rings (SSSR count). The first-order valence-electron chi connectivity index (χ1n) is 6.30. The summed E-state index contributed by atoms with van der Waals surface area (Å²) in [5, 5.41) is 1.89. The molecule has 5 heteroatoms. The Morgan fingerprint density at radius 3 is 2.40 bits per heavy atom. The van der Waals surface area contributed by atoms with Crippen molar-refractivity contribution in [3.8, 4) is 0 Å². The molecule has 0 unspecified atom stereocenters. The van der Waals surface area contributed by atoms with E-state index in [1.807, 2.05) is 36.5 Å². The lowest BCUT2D eigenvalue weighted by Gasteiger charge is -2.07. The van der Waals surface area contributed by atoms with Crippen molar-refractivity contribution in [1.29, 1.82) is 0 Å². The van der Waals surface area contributed by atoms with Gasteiger partial charge in [0.1, 0.15) is 0 Å². The summed E-state index contributed by atoms with van der Waals surface area (Å²) in [4.78, 5) is 26.4. The SMILES string of the molecule is CN(C)CC(=O)c1cc[n+](CC(=O)c2cccs2)cc1. The van der Waals surface area contributed by atoms with Crippen molar-refractivity contribution in [3.63, 3.8) is 0 Å². The van der Waals surface area contributed by atoms with E-state index in [9.17, 15) is 9.59 Å². The molecule has 2 aromatic heterocycles. The molecule has 0 amide bonds. The fraction of sp³-hybridized carbons (Fsp3) is 0.267. The zero-order valence-electron chi connectivity index (χ0n) is 11.6. The van der Waals surface area contributed by atoms with Gasteiger partial charge in [-0.05, 0) is 25.5 Å². The van der Waals surface area contributed by atoms with Crippen LogP contribution in [0.2, 0.25) is 0 Å². The number of hydrogen-bond acceptors (Lipinski definition) is 4. The molecule has 0 aromatic carbocycles. The van der Waals surface area contributed by atoms with Crippen LogP contribution in [0.15, 0.2) is 42.0 Å². The average molecular weight is 289 g/mol. The smallest absolute Gasteiger partial charge is 0.237 e. The van der Waals surface area contributed by atoms with Crippen molar-refractivity contribution in [2.45, 2.75) is 6.54 Å². The van der Waals surface area contributed by atoms with Crippen LogP contribution in [0.4, 0.5) is 0 Å². The number of Topliss-reactive ketones (excluding diaryl/α,β-unsaturated/α-hetero) is 2. The molecule has 0 aliphatic heterocycles. The summed E-state index contributed by atoms with van der Waals surface area (Å²) < 4.78 is 1.79. The van der Waals surface area contributed by atoms with Crippen molar-refractivity contribution in [3.05, 3.63) is 52.5 Å². The number of carbonyl (C=O) groups excluding carboxylic acids is 2. The van der Waals surface area contributed by atoms with Crippen molar-refractivity contribution in [2.75, 3.05) is 20.6 Å². The third kappa shape index (κ3) is 3.82. The van der Waals surface area contributed by atoms with E-state index in [4.69, 9.17) is 0 Å². The minimum atomic E-state index is 0.0757. The molecule has 0 spiro atoms. The molecule has 104 valence electrons. The number of aromatic nitrogens is 1. The standard InChI is InChI=1S/C15H17N2O2S/c1-16(2)10-13(18)12-5-7-17(8-6-12)11-14(19)15-4-3-9-20-15/h3-9H,10-11H2,1-2H3/q+1. The summed E-state index contributed by atoms with van der Waals surface area (Å²) >= 11 is 1.44. The van der Waals surface area contributed by atoms with Gasteiger partial charge < -0.3 is 4.90 Å². The Balaban J connectivity index is 2.01. The number of nitrogens with zero attached hydrogens (tertiary/aromatic N) is 2. The maximum Gasteiger partial charge on any atom is 0.237 e. The van der Waals surface area contributed by atoms with Crippen LogP contribution in [0, 0.1) is 0 Å². The lowest BCUT2D eigenvalue weighted by atomic mass is 10.1. The van der Waals surface area contributed by atoms with Gasteiger partial charge in [-0.1, -0.05) is 6.07 Å². The highest BCUT2D eigenvalue weighted by atomic mass is 32.1. The van der Waals surface area contributed by atoms with Crippen molar-refractivity contribution < 1.29 is 14.2 Å². The summed E-state index contributed by atoms with van der Waals surface area (Å²) in [5.74, 6) is 0.157. The number of pyridine rings is 1. The Hall–Kier alpha value is -1.85. The first-order valence-corrected chi connectivity index (χ1v) is 7.18. The predicted molar refractivity (Wildman–Crippen MR) is 78.2 cm³/mol. The molecule has 0 saturated heterocycles. The zero-order valence-corrected chi connectivity index (χ0v) is 12.4. The van der Waals surface area contributed by atoms with Gasteiger partial charge >= 0.3 is 0 Å². The third-order valence-electron chi connectivity index (χ3n) is 2.80. The second-order valence-corrected chi connectivity index (χ2v) is 5.77. The van der Waals surface area contributed by atoms with Gasteiger partial charge in [-0.2, -0.15) is 4.57 Å². The fourth-order valence-corrected chi connectivity index (χ4v) is 2.46. The van der Waals surface area contributed by atoms with E-state index >= 15 is 0 Å². The molecule has 0 aliphatic rings. The van der Waals surface area contributed by atoms with E-state index < -0.39 is 0 Å². The van der Waals surface area contributed by atoms with E-state index in [1.54, 1.807) is 29.1 Å². The van der Waals surface area contributed by atoms with Crippen LogP contribution in [0.25, 0.3) is 0 Å². The molecule has 0 N–H and O–H groups in total. The topological polar surface area (TPSA) is 41.3 Å². The van der Waals surface area contributed by atoms with Gasteiger partial charge in [-0.3, -0.25) is 9.59 Å². The first kappa shape index (κ1) is 14.6. The van der Waals surface area contributed by atoms with Crippen LogP contribution in [0.5, 0.6) is 0 Å².